The molecular weight excluding hydrogens is 250 g/mol. The van der Waals surface area contributed by atoms with Gasteiger partial charge in [-0.2, -0.15) is 0 Å². The van der Waals surface area contributed by atoms with Gasteiger partial charge in [0.05, 0.1) is 0 Å². The highest BCUT2D eigenvalue weighted by Gasteiger charge is 2.35. The minimum atomic E-state index is -0.836. The molecule has 20 heavy (non-hydrogen) atoms. The molecule has 0 heterocycles. The molecule has 0 radical (unpaired) electrons. The fourth-order valence-electron chi connectivity index (χ4n) is 3.20. The van der Waals surface area contributed by atoms with E-state index in [1.807, 2.05) is 13.8 Å². The fourth-order valence-corrected chi connectivity index (χ4v) is 3.20. The van der Waals surface area contributed by atoms with Crippen molar-refractivity contribution in [2.24, 2.45) is 0 Å². The standard InChI is InChI=1S/C17H25NO2/c1-3-12-17(2,16(19)20)18-15-11-7-5-9-13-8-4-6-10-14(13)15/h4,6,8,10,15,18H,3,5,7,9,11-12H2,1-2H3,(H,19,20). The zero-order valence-corrected chi connectivity index (χ0v) is 12.5. The van der Waals surface area contributed by atoms with Gasteiger partial charge in [-0.1, -0.05) is 44.0 Å². The zero-order valence-electron chi connectivity index (χ0n) is 12.5. The van der Waals surface area contributed by atoms with Crippen LogP contribution < -0.4 is 5.32 Å². The summed E-state index contributed by atoms with van der Waals surface area (Å²) >= 11 is 0. The Labute approximate surface area is 121 Å². The number of aliphatic carboxylic acids is 1. The monoisotopic (exact) mass is 275 g/mol. The molecule has 2 rings (SSSR count). The fraction of sp³-hybridized carbons (Fsp3) is 0.588. The van der Waals surface area contributed by atoms with Crippen molar-refractivity contribution in [3.05, 3.63) is 35.4 Å². The van der Waals surface area contributed by atoms with Crippen LogP contribution in [0.25, 0.3) is 0 Å². The maximum absolute atomic E-state index is 11.6. The smallest absolute Gasteiger partial charge is 0.323 e. The molecule has 0 spiro atoms. The van der Waals surface area contributed by atoms with Crippen LogP contribution in [0.15, 0.2) is 24.3 Å². The lowest BCUT2D eigenvalue weighted by Crippen LogP contribution is -2.50. The summed E-state index contributed by atoms with van der Waals surface area (Å²) in [6, 6.07) is 8.60. The largest absolute Gasteiger partial charge is 0.480 e. The molecule has 0 saturated heterocycles. The average molecular weight is 275 g/mol. The maximum Gasteiger partial charge on any atom is 0.323 e. The van der Waals surface area contributed by atoms with E-state index >= 15 is 0 Å². The van der Waals surface area contributed by atoms with Crippen LogP contribution in [0.5, 0.6) is 0 Å². The van der Waals surface area contributed by atoms with Crippen molar-refractivity contribution in [2.75, 3.05) is 0 Å². The lowest BCUT2D eigenvalue weighted by Gasteiger charge is -2.32. The Balaban J connectivity index is 2.26. The van der Waals surface area contributed by atoms with Crippen LogP contribution in [-0.2, 0) is 11.2 Å². The minimum absolute atomic E-state index is 0.154. The number of hydrogen-bond acceptors (Lipinski definition) is 2. The number of carbonyl (C=O) groups is 1. The number of benzene rings is 1. The number of nitrogens with one attached hydrogen (secondary N) is 1. The zero-order chi connectivity index (χ0) is 14.6. The summed E-state index contributed by atoms with van der Waals surface area (Å²) in [5.41, 5.74) is 1.82. The summed E-state index contributed by atoms with van der Waals surface area (Å²) < 4.78 is 0. The lowest BCUT2D eigenvalue weighted by atomic mass is 9.91. The van der Waals surface area contributed by atoms with Crippen molar-refractivity contribution in [1.82, 2.24) is 5.32 Å². The van der Waals surface area contributed by atoms with Crippen LogP contribution in [0.1, 0.15) is 63.1 Å². The van der Waals surface area contributed by atoms with E-state index in [2.05, 4.69) is 29.6 Å². The molecular formula is C17H25NO2. The van der Waals surface area contributed by atoms with E-state index in [0.29, 0.717) is 6.42 Å². The molecule has 2 unspecified atom stereocenters. The molecule has 3 heteroatoms. The first-order valence-electron chi connectivity index (χ1n) is 7.65. The molecule has 0 aliphatic heterocycles. The van der Waals surface area contributed by atoms with E-state index < -0.39 is 11.5 Å². The van der Waals surface area contributed by atoms with Crippen molar-refractivity contribution >= 4 is 5.97 Å². The van der Waals surface area contributed by atoms with E-state index in [4.69, 9.17) is 0 Å². The van der Waals surface area contributed by atoms with Crippen LogP contribution >= 0.6 is 0 Å². The molecule has 0 saturated carbocycles. The molecule has 0 fully saturated rings. The van der Waals surface area contributed by atoms with Gasteiger partial charge in [0, 0.05) is 6.04 Å². The molecule has 2 N–H and O–H groups in total. The van der Waals surface area contributed by atoms with Gasteiger partial charge in [-0.15, -0.1) is 0 Å². The third-order valence-corrected chi connectivity index (χ3v) is 4.33. The highest BCUT2D eigenvalue weighted by molar-refractivity contribution is 5.78. The summed E-state index contributed by atoms with van der Waals surface area (Å²) in [6.45, 7) is 3.84. The van der Waals surface area contributed by atoms with E-state index in [1.165, 1.54) is 17.5 Å². The van der Waals surface area contributed by atoms with Gasteiger partial charge in [0.15, 0.2) is 0 Å². The Bertz CT molecular complexity index is 472. The Morgan fingerprint density at radius 3 is 2.85 bits per heavy atom. The number of rotatable bonds is 5. The topological polar surface area (TPSA) is 49.3 Å². The number of hydrogen-bond donors (Lipinski definition) is 2. The normalized spacial score (nSPS) is 21.6. The van der Waals surface area contributed by atoms with Crippen molar-refractivity contribution in [2.45, 2.75) is 64.0 Å². The number of carboxylic acids is 1. The van der Waals surface area contributed by atoms with Gasteiger partial charge >= 0.3 is 5.97 Å². The Morgan fingerprint density at radius 2 is 2.15 bits per heavy atom. The summed E-state index contributed by atoms with van der Waals surface area (Å²) in [5, 5.41) is 13.0. The van der Waals surface area contributed by atoms with Crippen LogP contribution in [-0.4, -0.2) is 16.6 Å². The first-order chi connectivity index (χ1) is 9.57. The first-order valence-corrected chi connectivity index (χ1v) is 7.65. The van der Waals surface area contributed by atoms with Crippen molar-refractivity contribution in [1.29, 1.82) is 0 Å². The van der Waals surface area contributed by atoms with Gasteiger partial charge in [-0.25, -0.2) is 0 Å². The Hall–Kier alpha value is -1.35. The average Bonchev–Trinajstić information content (AvgIpc) is 2.62. The van der Waals surface area contributed by atoms with Gasteiger partial charge in [-0.05, 0) is 43.7 Å². The van der Waals surface area contributed by atoms with E-state index in [-0.39, 0.29) is 6.04 Å². The SMILES string of the molecule is CCCC(C)(NC1CCCCc2ccccc21)C(=O)O. The summed E-state index contributed by atoms with van der Waals surface area (Å²) in [5.74, 6) is -0.749. The minimum Gasteiger partial charge on any atom is -0.480 e. The van der Waals surface area contributed by atoms with Crippen LogP contribution in [0.3, 0.4) is 0 Å². The van der Waals surface area contributed by atoms with Gasteiger partial charge in [0.25, 0.3) is 0 Å². The number of fused-ring (bicyclic) bond motifs is 1. The Morgan fingerprint density at radius 1 is 1.40 bits per heavy atom. The molecule has 0 aromatic heterocycles. The molecule has 3 nitrogen and oxygen atoms in total. The second-order valence-corrected chi connectivity index (χ2v) is 6.03. The second-order valence-electron chi connectivity index (χ2n) is 6.03. The van der Waals surface area contributed by atoms with E-state index in [0.717, 1.165) is 25.7 Å². The highest BCUT2D eigenvalue weighted by Crippen LogP contribution is 2.31. The van der Waals surface area contributed by atoms with Crippen molar-refractivity contribution in [3.8, 4) is 0 Å². The summed E-state index contributed by atoms with van der Waals surface area (Å²) in [6.07, 6.45) is 5.97. The van der Waals surface area contributed by atoms with Gasteiger partial charge in [0.2, 0.25) is 0 Å². The first kappa shape index (κ1) is 15.0. The van der Waals surface area contributed by atoms with E-state index in [9.17, 15) is 9.90 Å². The van der Waals surface area contributed by atoms with E-state index in [1.54, 1.807) is 0 Å². The predicted molar refractivity (Wildman–Crippen MR) is 80.8 cm³/mol. The summed E-state index contributed by atoms with van der Waals surface area (Å²) in [7, 11) is 0. The van der Waals surface area contributed by atoms with Gasteiger partial charge < -0.3 is 5.11 Å². The lowest BCUT2D eigenvalue weighted by molar-refractivity contribution is -0.145. The molecule has 1 aromatic carbocycles. The number of carboxylic acid groups (broad SMARTS) is 1. The predicted octanol–water partition coefficient (Wildman–Crippen LogP) is 3.69. The molecule has 110 valence electrons. The van der Waals surface area contributed by atoms with Crippen LogP contribution in [0.4, 0.5) is 0 Å². The third kappa shape index (κ3) is 3.21. The molecule has 1 aliphatic rings. The molecule has 1 aliphatic carbocycles. The van der Waals surface area contributed by atoms with Crippen LogP contribution in [0, 0.1) is 0 Å². The second kappa shape index (κ2) is 6.40. The van der Waals surface area contributed by atoms with Crippen molar-refractivity contribution < 1.29 is 9.90 Å². The highest BCUT2D eigenvalue weighted by atomic mass is 16.4. The summed E-state index contributed by atoms with van der Waals surface area (Å²) in [4.78, 5) is 11.6. The quantitative estimate of drug-likeness (QED) is 0.806. The molecule has 2 atom stereocenters. The third-order valence-electron chi connectivity index (χ3n) is 4.33. The van der Waals surface area contributed by atoms with Crippen LogP contribution in [0.2, 0.25) is 0 Å². The van der Waals surface area contributed by atoms with Gasteiger partial charge in [-0.3, -0.25) is 10.1 Å². The number of aryl methyl sites for hydroxylation is 1. The van der Waals surface area contributed by atoms with Crippen molar-refractivity contribution in [3.63, 3.8) is 0 Å². The Kier molecular flexibility index (Phi) is 4.81. The molecule has 1 aromatic rings. The molecule has 0 amide bonds. The molecule has 0 bridgehead atoms. The maximum atomic E-state index is 11.6. The van der Waals surface area contributed by atoms with Gasteiger partial charge in [0.1, 0.15) is 5.54 Å².